The molecule has 1 N–H and O–H groups in total. The summed E-state index contributed by atoms with van der Waals surface area (Å²) >= 11 is 1.96. The molecule has 2 aliphatic heterocycles. The molecule has 0 spiro atoms. The van der Waals surface area contributed by atoms with Crippen LogP contribution < -0.4 is 5.32 Å². The van der Waals surface area contributed by atoms with Crippen molar-refractivity contribution >= 4 is 11.8 Å². The van der Waals surface area contributed by atoms with Crippen LogP contribution in [0.15, 0.2) is 0 Å². The van der Waals surface area contributed by atoms with Gasteiger partial charge in [-0.2, -0.15) is 0 Å². The summed E-state index contributed by atoms with van der Waals surface area (Å²) in [6.07, 6.45) is 0. The zero-order valence-corrected chi connectivity index (χ0v) is 8.03. The third-order valence-electron chi connectivity index (χ3n) is 2.19. The Labute approximate surface area is 77.8 Å². The van der Waals surface area contributed by atoms with E-state index in [-0.39, 0.29) is 0 Å². The number of thioether (sulfide) groups is 1. The van der Waals surface area contributed by atoms with Gasteiger partial charge in [0.1, 0.15) is 5.37 Å². The van der Waals surface area contributed by atoms with E-state index in [4.69, 9.17) is 4.74 Å². The number of hydrogen-bond donors (Lipinski definition) is 1. The van der Waals surface area contributed by atoms with Crippen molar-refractivity contribution in [2.45, 2.75) is 0 Å². The van der Waals surface area contributed by atoms with Crippen LogP contribution in [0.2, 0.25) is 0 Å². The van der Waals surface area contributed by atoms with Gasteiger partial charge in [0.15, 0.2) is 0 Å². The van der Waals surface area contributed by atoms with Crippen LogP contribution in [0.25, 0.3) is 0 Å². The number of ether oxygens (including phenoxy) is 1. The molecule has 2 fully saturated rings. The summed E-state index contributed by atoms with van der Waals surface area (Å²) in [7, 11) is 0. The van der Waals surface area contributed by atoms with Gasteiger partial charge in [0.25, 0.3) is 0 Å². The third kappa shape index (κ3) is 2.13. The second-order valence-electron chi connectivity index (χ2n) is 3.03. The first kappa shape index (κ1) is 8.81. The molecule has 1 radical (unpaired) electrons. The molecular formula is C8H15N2OS. The Balaban J connectivity index is 1.80. The van der Waals surface area contributed by atoms with Crippen LogP contribution in [0.5, 0.6) is 0 Å². The fourth-order valence-electron chi connectivity index (χ4n) is 1.52. The molecule has 0 unspecified atom stereocenters. The highest BCUT2D eigenvalue weighted by Gasteiger charge is 2.24. The van der Waals surface area contributed by atoms with E-state index in [1.807, 2.05) is 11.8 Å². The van der Waals surface area contributed by atoms with Gasteiger partial charge in [-0.1, -0.05) is 0 Å². The first-order valence-electron chi connectivity index (χ1n) is 4.49. The van der Waals surface area contributed by atoms with Gasteiger partial charge in [-0.3, -0.25) is 4.90 Å². The van der Waals surface area contributed by atoms with E-state index in [0.717, 1.165) is 45.1 Å². The molecule has 4 heteroatoms. The molecular weight excluding hydrogens is 172 g/mol. The van der Waals surface area contributed by atoms with E-state index in [2.05, 4.69) is 10.2 Å². The lowest BCUT2D eigenvalue weighted by molar-refractivity contribution is 0.124. The maximum atomic E-state index is 5.42. The Morgan fingerprint density at radius 1 is 1.33 bits per heavy atom. The Morgan fingerprint density at radius 2 is 2.17 bits per heavy atom. The average Bonchev–Trinajstić information content (AvgIpc) is 2.21. The second kappa shape index (κ2) is 4.46. The lowest BCUT2D eigenvalue weighted by Gasteiger charge is -2.35. The van der Waals surface area contributed by atoms with Crippen molar-refractivity contribution in [3.05, 3.63) is 5.37 Å². The lowest BCUT2D eigenvalue weighted by atomic mass is 10.3. The minimum absolute atomic E-state index is 0.838. The molecule has 3 nitrogen and oxygen atoms in total. The van der Waals surface area contributed by atoms with Crippen LogP contribution in [0.4, 0.5) is 0 Å². The predicted molar refractivity (Wildman–Crippen MR) is 51.0 cm³/mol. The van der Waals surface area contributed by atoms with E-state index in [0.29, 0.717) is 0 Å². The number of rotatable bonds is 1. The Bertz CT molecular complexity index is 117. The molecule has 0 aliphatic carbocycles. The number of hydrogen-bond acceptors (Lipinski definition) is 4. The zero-order chi connectivity index (χ0) is 8.23. The highest BCUT2D eigenvalue weighted by Crippen LogP contribution is 2.27. The van der Waals surface area contributed by atoms with Crippen LogP contribution in [0.1, 0.15) is 0 Å². The summed E-state index contributed by atoms with van der Waals surface area (Å²) in [5.74, 6) is 1.12. The summed E-state index contributed by atoms with van der Waals surface area (Å²) in [6.45, 7) is 6.27. The van der Waals surface area contributed by atoms with Crippen molar-refractivity contribution in [2.24, 2.45) is 0 Å². The number of nitrogens with one attached hydrogen (secondary N) is 1. The summed E-state index contributed by atoms with van der Waals surface area (Å²) in [5, 5.41) is 4.78. The molecule has 2 aliphatic rings. The summed E-state index contributed by atoms with van der Waals surface area (Å²) in [6, 6.07) is 0. The maximum absolute atomic E-state index is 5.42. The quantitative estimate of drug-likeness (QED) is 0.631. The molecule has 0 bridgehead atoms. The fourth-order valence-corrected chi connectivity index (χ4v) is 2.48. The molecule has 0 aromatic heterocycles. The highest BCUT2D eigenvalue weighted by atomic mass is 32.2. The monoisotopic (exact) mass is 187 g/mol. The minimum atomic E-state index is 0.838. The third-order valence-corrected chi connectivity index (χ3v) is 3.27. The van der Waals surface area contributed by atoms with Crippen LogP contribution in [0.3, 0.4) is 0 Å². The zero-order valence-electron chi connectivity index (χ0n) is 7.21. The molecule has 69 valence electrons. The van der Waals surface area contributed by atoms with Gasteiger partial charge < -0.3 is 10.1 Å². The van der Waals surface area contributed by atoms with Gasteiger partial charge >= 0.3 is 0 Å². The maximum Gasteiger partial charge on any atom is 0.121 e. The SMILES string of the molecule is C1CN([C]2COCCS2)CCN1. The Morgan fingerprint density at radius 3 is 2.83 bits per heavy atom. The van der Waals surface area contributed by atoms with Gasteiger partial charge in [0.2, 0.25) is 0 Å². The largest absolute Gasteiger partial charge is 0.378 e. The molecule has 0 aromatic carbocycles. The topological polar surface area (TPSA) is 24.5 Å². The van der Waals surface area contributed by atoms with Crippen molar-refractivity contribution in [2.75, 3.05) is 45.1 Å². The summed E-state index contributed by atoms with van der Waals surface area (Å²) < 4.78 is 5.42. The Hall–Kier alpha value is 0.230. The van der Waals surface area contributed by atoms with E-state index < -0.39 is 0 Å². The van der Waals surface area contributed by atoms with E-state index in [1.165, 1.54) is 5.37 Å². The summed E-state index contributed by atoms with van der Waals surface area (Å²) in [4.78, 5) is 2.44. The molecule has 2 saturated heterocycles. The molecule has 2 rings (SSSR count). The number of piperazine rings is 1. The van der Waals surface area contributed by atoms with Gasteiger partial charge in [-0.05, 0) is 0 Å². The van der Waals surface area contributed by atoms with E-state index in [9.17, 15) is 0 Å². The van der Waals surface area contributed by atoms with Crippen LogP contribution >= 0.6 is 11.8 Å². The van der Waals surface area contributed by atoms with E-state index >= 15 is 0 Å². The highest BCUT2D eigenvalue weighted by molar-refractivity contribution is 8.02. The second-order valence-corrected chi connectivity index (χ2v) is 4.20. The minimum Gasteiger partial charge on any atom is -0.378 e. The standard InChI is InChI=1S/C8H15N2OS/c1-3-10(4-2-9-1)8-7-11-5-6-12-8/h9H,1-7H2. The van der Waals surface area contributed by atoms with Crippen molar-refractivity contribution in [3.8, 4) is 0 Å². The van der Waals surface area contributed by atoms with Crippen molar-refractivity contribution in [3.63, 3.8) is 0 Å². The van der Waals surface area contributed by atoms with Crippen LogP contribution in [-0.2, 0) is 4.74 Å². The molecule has 0 atom stereocenters. The molecule has 12 heavy (non-hydrogen) atoms. The first-order chi connectivity index (χ1) is 5.97. The van der Waals surface area contributed by atoms with Crippen LogP contribution in [0, 0.1) is 5.37 Å². The Kier molecular flexibility index (Phi) is 3.28. The van der Waals surface area contributed by atoms with Gasteiger partial charge in [0, 0.05) is 31.9 Å². The molecule has 0 saturated carbocycles. The van der Waals surface area contributed by atoms with Gasteiger partial charge in [-0.15, -0.1) is 11.8 Å². The normalized spacial score (nSPS) is 29.0. The summed E-state index contributed by atoms with van der Waals surface area (Å²) in [5.41, 5.74) is 0. The molecule has 2 heterocycles. The van der Waals surface area contributed by atoms with Crippen molar-refractivity contribution in [1.82, 2.24) is 10.2 Å². The lowest BCUT2D eigenvalue weighted by Crippen LogP contribution is -2.46. The van der Waals surface area contributed by atoms with Crippen LogP contribution in [-0.4, -0.2) is 50.0 Å². The van der Waals surface area contributed by atoms with Crippen molar-refractivity contribution < 1.29 is 4.74 Å². The predicted octanol–water partition coefficient (Wildman–Crippen LogP) is 0.144. The first-order valence-corrected chi connectivity index (χ1v) is 5.47. The molecule has 0 aromatic rings. The average molecular weight is 187 g/mol. The molecule has 0 amide bonds. The van der Waals surface area contributed by atoms with E-state index in [1.54, 1.807) is 0 Å². The smallest absolute Gasteiger partial charge is 0.121 e. The van der Waals surface area contributed by atoms with Crippen molar-refractivity contribution in [1.29, 1.82) is 0 Å². The number of nitrogens with zero attached hydrogens (tertiary/aromatic N) is 1. The van der Waals surface area contributed by atoms with Gasteiger partial charge in [-0.25, -0.2) is 0 Å². The van der Waals surface area contributed by atoms with Gasteiger partial charge in [0.05, 0.1) is 13.2 Å². The fraction of sp³-hybridized carbons (Fsp3) is 0.875.